The molecule has 0 bridgehead atoms. The molecule has 1 aromatic heterocycles. The predicted molar refractivity (Wildman–Crippen MR) is 88.1 cm³/mol. The van der Waals surface area contributed by atoms with Crippen LogP contribution in [0.4, 0.5) is 0 Å². The summed E-state index contributed by atoms with van der Waals surface area (Å²) in [7, 11) is 2.84. The number of hydrogen-bond acceptors (Lipinski definition) is 4. The van der Waals surface area contributed by atoms with Crippen LogP contribution in [0.15, 0.2) is 39.9 Å². The van der Waals surface area contributed by atoms with Crippen molar-refractivity contribution in [1.82, 2.24) is 14.5 Å². The van der Waals surface area contributed by atoms with Crippen molar-refractivity contribution < 1.29 is 9.53 Å². The van der Waals surface area contributed by atoms with E-state index in [1.807, 2.05) is 18.2 Å². The maximum absolute atomic E-state index is 12.4. The standard InChI is InChI=1S/C17H19N3O4/c1-19-13(9-15(21)20(2)17(19)23)16(22)18-10-14-12-6-4-3-5-11(12)7-8-24-14/h3-6,9,14H,7-8,10H2,1-2H3,(H,18,22)/t14-/m1/s1. The van der Waals surface area contributed by atoms with Crippen LogP contribution >= 0.6 is 0 Å². The molecule has 0 aliphatic carbocycles. The number of fused-ring (bicyclic) bond motifs is 1. The van der Waals surface area contributed by atoms with Gasteiger partial charge in [0.2, 0.25) is 0 Å². The number of carbonyl (C=O) groups is 1. The van der Waals surface area contributed by atoms with Gasteiger partial charge in [0.1, 0.15) is 11.8 Å². The van der Waals surface area contributed by atoms with E-state index in [1.165, 1.54) is 19.7 Å². The van der Waals surface area contributed by atoms with Gasteiger partial charge in [0.15, 0.2) is 0 Å². The van der Waals surface area contributed by atoms with E-state index in [2.05, 4.69) is 11.4 Å². The highest BCUT2D eigenvalue weighted by Gasteiger charge is 2.22. The van der Waals surface area contributed by atoms with Crippen molar-refractivity contribution in [2.45, 2.75) is 12.5 Å². The van der Waals surface area contributed by atoms with E-state index >= 15 is 0 Å². The van der Waals surface area contributed by atoms with Crippen LogP contribution in [0.1, 0.15) is 27.7 Å². The molecule has 0 saturated heterocycles. The number of rotatable bonds is 3. The van der Waals surface area contributed by atoms with Gasteiger partial charge in [0, 0.05) is 26.7 Å². The van der Waals surface area contributed by atoms with Gasteiger partial charge >= 0.3 is 5.69 Å². The molecule has 1 N–H and O–H groups in total. The Bertz CT molecular complexity index is 897. The summed E-state index contributed by atoms with van der Waals surface area (Å²) in [5, 5.41) is 2.75. The molecule has 2 heterocycles. The summed E-state index contributed by atoms with van der Waals surface area (Å²) >= 11 is 0. The number of hydrogen-bond donors (Lipinski definition) is 1. The molecule has 0 spiro atoms. The van der Waals surface area contributed by atoms with Crippen LogP contribution in [-0.4, -0.2) is 28.2 Å². The average Bonchev–Trinajstić information content (AvgIpc) is 2.60. The monoisotopic (exact) mass is 329 g/mol. The van der Waals surface area contributed by atoms with E-state index < -0.39 is 17.2 Å². The smallest absolute Gasteiger partial charge is 0.331 e. The number of amides is 1. The number of ether oxygens (including phenoxy) is 1. The first kappa shape index (κ1) is 16.2. The van der Waals surface area contributed by atoms with Gasteiger partial charge < -0.3 is 10.1 Å². The lowest BCUT2D eigenvalue weighted by Gasteiger charge is -2.26. The molecule has 7 nitrogen and oxygen atoms in total. The third kappa shape index (κ3) is 2.90. The Balaban J connectivity index is 1.78. The maximum atomic E-state index is 12.4. The first-order valence-electron chi connectivity index (χ1n) is 7.73. The van der Waals surface area contributed by atoms with Crippen molar-refractivity contribution in [1.29, 1.82) is 0 Å². The van der Waals surface area contributed by atoms with E-state index in [0.717, 1.165) is 27.2 Å². The third-order valence-electron chi connectivity index (χ3n) is 4.30. The largest absolute Gasteiger partial charge is 0.371 e. The highest BCUT2D eigenvalue weighted by atomic mass is 16.5. The second-order valence-corrected chi connectivity index (χ2v) is 5.79. The molecular weight excluding hydrogens is 310 g/mol. The molecule has 7 heteroatoms. The summed E-state index contributed by atoms with van der Waals surface area (Å²) in [6, 6.07) is 9.12. The fourth-order valence-electron chi connectivity index (χ4n) is 2.87. The number of aromatic nitrogens is 2. The predicted octanol–water partition coefficient (Wildman–Crippen LogP) is 0.128. The number of nitrogens with one attached hydrogen (secondary N) is 1. The summed E-state index contributed by atoms with van der Waals surface area (Å²) < 4.78 is 7.85. The molecule has 3 rings (SSSR count). The first-order valence-corrected chi connectivity index (χ1v) is 7.73. The second-order valence-electron chi connectivity index (χ2n) is 5.79. The van der Waals surface area contributed by atoms with Crippen molar-refractivity contribution in [3.05, 3.63) is 68.0 Å². The lowest BCUT2D eigenvalue weighted by Crippen LogP contribution is -2.42. The topological polar surface area (TPSA) is 82.3 Å². The Morgan fingerprint density at radius 1 is 1.25 bits per heavy atom. The van der Waals surface area contributed by atoms with E-state index in [0.29, 0.717) is 6.61 Å². The minimum atomic E-state index is -0.535. The van der Waals surface area contributed by atoms with Crippen LogP contribution in [0.2, 0.25) is 0 Å². The Labute approximate surface area is 138 Å². The molecule has 24 heavy (non-hydrogen) atoms. The van der Waals surface area contributed by atoms with Crippen molar-refractivity contribution in [3.8, 4) is 0 Å². The van der Waals surface area contributed by atoms with E-state index in [1.54, 1.807) is 0 Å². The van der Waals surface area contributed by atoms with Gasteiger partial charge in [0.25, 0.3) is 11.5 Å². The highest BCUT2D eigenvalue weighted by molar-refractivity contribution is 5.92. The maximum Gasteiger partial charge on any atom is 0.331 e. The molecule has 1 aromatic carbocycles. The van der Waals surface area contributed by atoms with Crippen molar-refractivity contribution in [2.75, 3.05) is 13.2 Å². The zero-order valence-electron chi connectivity index (χ0n) is 13.6. The molecule has 1 aliphatic heterocycles. The Hall–Kier alpha value is -2.67. The van der Waals surface area contributed by atoms with Crippen LogP contribution in [0.25, 0.3) is 0 Å². The van der Waals surface area contributed by atoms with Crippen molar-refractivity contribution >= 4 is 5.91 Å². The van der Waals surface area contributed by atoms with Crippen molar-refractivity contribution in [3.63, 3.8) is 0 Å². The lowest BCUT2D eigenvalue weighted by molar-refractivity contribution is 0.0410. The Morgan fingerprint density at radius 2 is 2.00 bits per heavy atom. The quantitative estimate of drug-likeness (QED) is 0.868. The van der Waals surface area contributed by atoms with Gasteiger partial charge in [-0.05, 0) is 17.5 Å². The molecule has 1 atom stereocenters. The van der Waals surface area contributed by atoms with Gasteiger partial charge in [-0.3, -0.25) is 18.7 Å². The SMILES string of the molecule is Cn1c(C(=O)NC[C@H]2OCCc3ccccc32)cc(=O)n(C)c1=O. The number of nitrogens with zero attached hydrogens (tertiary/aromatic N) is 2. The molecular formula is C17H19N3O4. The van der Waals surface area contributed by atoms with Gasteiger partial charge in [-0.25, -0.2) is 4.79 Å². The molecule has 126 valence electrons. The average molecular weight is 329 g/mol. The minimum Gasteiger partial charge on any atom is -0.371 e. The summed E-state index contributed by atoms with van der Waals surface area (Å²) in [6.45, 7) is 0.876. The zero-order chi connectivity index (χ0) is 17.3. The molecule has 0 unspecified atom stereocenters. The molecule has 1 amide bonds. The van der Waals surface area contributed by atoms with Gasteiger partial charge in [-0.1, -0.05) is 24.3 Å². The minimum absolute atomic E-state index is 0.0344. The normalized spacial score (nSPS) is 16.5. The van der Waals surface area contributed by atoms with Crippen LogP contribution in [0.3, 0.4) is 0 Å². The first-order chi connectivity index (χ1) is 11.5. The van der Waals surface area contributed by atoms with Crippen molar-refractivity contribution in [2.24, 2.45) is 14.1 Å². The fraction of sp³-hybridized carbons (Fsp3) is 0.353. The molecule has 1 aliphatic rings. The zero-order valence-corrected chi connectivity index (χ0v) is 13.6. The van der Waals surface area contributed by atoms with E-state index in [-0.39, 0.29) is 18.3 Å². The van der Waals surface area contributed by atoms with E-state index in [4.69, 9.17) is 4.74 Å². The lowest BCUT2D eigenvalue weighted by atomic mass is 9.97. The summed E-state index contributed by atoms with van der Waals surface area (Å²) in [6.07, 6.45) is 0.617. The molecule has 0 fully saturated rings. The summed E-state index contributed by atoms with van der Waals surface area (Å²) in [4.78, 5) is 36.0. The highest BCUT2D eigenvalue weighted by Crippen LogP contribution is 2.26. The van der Waals surface area contributed by atoms with E-state index in [9.17, 15) is 14.4 Å². The molecule has 0 saturated carbocycles. The van der Waals surface area contributed by atoms with Gasteiger partial charge in [-0.2, -0.15) is 0 Å². The second kappa shape index (κ2) is 6.45. The number of benzene rings is 1. The molecule has 0 radical (unpaired) electrons. The Kier molecular flexibility index (Phi) is 4.35. The van der Waals surface area contributed by atoms with Crippen LogP contribution in [0.5, 0.6) is 0 Å². The van der Waals surface area contributed by atoms with Gasteiger partial charge in [0.05, 0.1) is 6.61 Å². The van der Waals surface area contributed by atoms with Gasteiger partial charge in [-0.15, -0.1) is 0 Å². The summed E-state index contributed by atoms with van der Waals surface area (Å²) in [5.41, 5.74) is 1.26. The van der Waals surface area contributed by atoms with Crippen LogP contribution in [-0.2, 0) is 25.3 Å². The molecule has 2 aromatic rings. The van der Waals surface area contributed by atoms with Crippen LogP contribution in [0, 0.1) is 0 Å². The summed E-state index contributed by atoms with van der Waals surface area (Å²) in [5.74, 6) is -0.473. The Morgan fingerprint density at radius 3 is 2.79 bits per heavy atom. The fourth-order valence-corrected chi connectivity index (χ4v) is 2.87. The van der Waals surface area contributed by atoms with Crippen LogP contribution < -0.4 is 16.6 Å². The number of carbonyl (C=O) groups excluding carboxylic acids is 1. The third-order valence-corrected chi connectivity index (χ3v) is 4.30.